The van der Waals surface area contributed by atoms with Crippen molar-refractivity contribution in [2.75, 3.05) is 19.0 Å². The minimum absolute atomic E-state index is 0.957. The van der Waals surface area contributed by atoms with E-state index >= 15 is 0 Å². The fraction of sp³-hybridized carbons (Fsp3) is 0.143. The predicted molar refractivity (Wildman–Crippen MR) is 83.0 cm³/mol. The van der Waals surface area contributed by atoms with Crippen LogP contribution >= 0.6 is 22.7 Å². The van der Waals surface area contributed by atoms with Crippen molar-refractivity contribution >= 4 is 28.5 Å². The number of aromatic nitrogens is 2. The van der Waals surface area contributed by atoms with E-state index in [0.29, 0.717) is 0 Å². The largest absolute Gasteiger partial charge is 0.363 e. The zero-order valence-corrected chi connectivity index (χ0v) is 12.3. The molecule has 3 nitrogen and oxygen atoms in total. The van der Waals surface area contributed by atoms with Gasteiger partial charge in [-0.25, -0.2) is 9.97 Å². The van der Waals surface area contributed by atoms with Gasteiger partial charge in [-0.3, -0.25) is 0 Å². The maximum absolute atomic E-state index is 4.67. The third-order valence-electron chi connectivity index (χ3n) is 2.73. The van der Waals surface area contributed by atoms with Crippen LogP contribution < -0.4 is 4.90 Å². The fourth-order valence-electron chi connectivity index (χ4n) is 1.72. The molecule has 0 N–H and O–H groups in total. The maximum Gasteiger partial charge on any atom is 0.127 e. The first-order chi connectivity index (χ1) is 9.24. The molecule has 0 saturated heterocycles. The van der Waals surface area contributed by atoms with Crippen molar-refractivity contribution in [3.63, 3.8) is 0 Å². The molecule has 0 saturated carbocycles. The average Bonchev–Trinajstić information content (AvgIpc) is 3.10. The van der Waals surface area contributed by atoms with E-state index in [-0.39, 0.29) is 0 Å². The number of thiazole rings is 1. The van der Waals surface area contributed by atoms with Crippen LogP contribution in [0.5, 0.6) is 0 Å². The summed E-state index contributed by atoms with van der Waals surface area (Å²) in [4.78, 5) is 12.3. The van der Waals surface area contributed by atoms with Crippen molar-refractivity contribution in [1.82, 2.24) is 9.97 Å². The Hall–Kier alpha value is -1.72. The molecule has 0 aliphatic heterocycles. The van der Waals surface area contributed by atoms with Crippen molar-refractivity contribution in [2.24, 2.45) is 0 Å². The molecular weight excluding hydrogens is 274 g/mol. The quantitative estimate of drug-likeness (QED) is 0.729. The molecule has 5 heteroatoms. The molecule has 0 radical (unpaired) electrons. The molecule has 0 amide bonds. The lowest BCUT2D eigenvalue weighted by molar-refractivity contribution is 1.07. The molecule has 96 valence electrons. The van der Waals surface area contributed by atoms with Gasteiger partial charge in [0.05, 0.1) is 10.6 Å². The highest BCUT2D eigenvalue weighted by molar-refractivity contribution is 7.15. The summed E-state index contributed by atoms with van der Waals surface area (Å²) in [5.41, 5.74) is 2.12. The van der Waals surface area contributed by atoms with E-state index in [9.17, 15) is 0 Å². The molecule has 0 bridgehead atoms. The first-order valence-electron chi connectivity index (χ1n) is 5.87. The Labute approximate surface area is 120 Å². The summed E-state index contributed by atoms with van der Waals surface area (Å²) < 4.78 is 0. The molecule has 0 aromatic carbocycles. The molecule has 0 aliphatic carbocycles. The average molecular weight is 287 g/mol. The lowest BCUT2D eigenvalue weighted by Crippen LogP contribution is -2.09. The smallest absolute Gasteiger partial charge is 0.127 e. The number of nitrogens with zero attached hydrogens (tertiary/aromatic N) is 3. The second-order valence-electron chi connectivity index (χ2n) is 4.31. The van der Waals surface area contributed by atoms with Crippen LogP contribution in [0.15, 0.2) is 41.2 Å². The molecule has 0 atom stereocenters. The van der Waals surface area contributed by atoms with Crippen LogP contribution in [0.4, 0.5) is 5.82 Å². The lowest BCUT2D eigenvalue weighted by atomic mass is 10.3. The van der Waals surface area contributed by atoms with E-state index in [1.54, 1.807) is 22.7 Å². The summed E-state index contributed by atoms with van der Waals surface area (Å²) in [6.07, 6.45) is 1.88. The minimum Gasteiger partial charge on any atom is -0.363 e. The highest BCUT2D eigenvalue weighted by Gasteiger charge is 2.08. The Balaban J connectivity index is 1.90. The lowest BCUT2D eigenvalue weighted by Gasteiger charge is -2.10. The fourth-order valence-corrected chi connectivity index (χ4v) is 3.29. The Morgan fingerprint density at radius 3 is 2.63 bits per heavy atom. The first kappa shape index (κ1) is 12.3. The molecular formula is C14H13N3S2. The molecule has 0 aliphatic rings. The number of anilines is 1. The summed E-state index contributed by atoms with van der Waals surface area (Å²) in [5, 5.41) is 5.18. The molecule has 0 spiro atoms. The van der Waals surface area contributed by atoms with Crippen LogP contribution in [0.3, 0.4) is 0 Å². The molecule has 3 aromatic heterocycles. The van der Waals surface area contributed by atoms with Crippen molar-refractivity contribution in [1.29, 1.82) is 0 Å². The van der Waals surface area contributed by atoms with Gasteiger partial charge in [-0.2, -0.15) is 0 Å². The van der Waals surface area contributed by atoms with Gasteiger partial charge in [0.25, 0.3) is 0 Å². The third kappa shape index (κ3) is 2.52. The van der Waals surface area contributed by atoms with Crippen LogP contribution in [0.2, 0.25) is 0 Å². The number of hydrogen-bond acceptors (Lipinski definition) is 5. The third-order valence-corrected chi connectivity index (χ3v) is 4.51. The van der Waals surface area contributed by atoms with Gasteiger partial charge in [0.1, 0.15) is 10.8 Å². The topological polar surface area (TPSA) is 29.0 Å². The van der Waals surface area contributed by atoms with Crippen LogP contribution in [0, 0.1) is 0 Å². The Kier molecular flexibility index (Phi) is 3.31. The molecule has 19 heavy (non-hydrogen) atoms. The van der Waals surface area contributed by atoms with Gasteiger partial charge in [-0.1, -0.05) is 6.07 Å². The van der Waals surface area contributed by atoms with E-state index < -0.39 is 0 Å². The Morgan fingerprint density at radius 2 is 2.00 bits per heavy atom. The number of rotatable bonds is 3. The molecule has 0 unspecified atom stereocenters. The SMILES string of the molecule is CN(C)c1ccc(-c2nc(-c3cccs3)cs2)cn1. The van der Waals surface area contributed by atoms with Crippen molar-refractivity contribution in [2.45, 2.75) is 0 Å². The maximum atomic E-state index is 4.67. The van der Waals surface area contributed by atoms with Gasteiger partial charge >= 0.3 is 0 Å². The molecule has 0 fully saturated rings. The Morgan fingerprint density at radius 1 is 1.11 bits per heavy atom. The van der Waals surface area contributed by atoms with Gasteiger partial charge in [0.15, 0.2) is 0 Å². The van der Waals surface area contributed by atoms with Crippen LogP contribution in [-0.4, -0.2) is 24.1 Å². The van der Waals surface area contributed by atoms with Crippen molar-refractivity contribution in [3.8, 4) is 21.1 Å². The second kappa shape index (κ2) is 5.11. The van der Waals surface area contributed by atoms with E-state index in [2.05, 4.69) is 32.9 Å². The van der Waals surface area contributed by atoms with Gasteiger partial charge < -0.3 is 4.90 Å². The molecule has 3 heterocycles. The van der Waals surface area contributed by atoms with Crippen molar-refractivity contribution < 1.29 is 0 Å². The van der Waals surface area contributed by atoms with Crippen LogP contribution in [0.25, 0.3) is 21.1 Å². The van der Waals surface area contributed by atoms with Gasteiger partial charge in [-0.05, 0) is 23.6 Å². The van der Waals surface area contributed by atoms with Gasteiger partial charge in [0, 0.05) is 31.2 Å². The van der Waals surface area contributed by atoms with Crippen LogP contribution in [-0.2, 0) is 0 Å². The standard InChI is InChI=1S/C14H13N3S2/c1-17(2)13-6-5-10(8-15-13)14-16-11(9-19-14)12-4-3-7-18-12/h3-9H,1-2H3. The highest BCUT2D eigenvalue weighted by Crippen LogP contribution is 2.31. The van der Waals surface area contributed by atoms with Gasteiger partial charge in [0.2, 0.25) is 0 Å². The zero-order chi connectivity index (χ0) is 13.2. The first-order valence-corrected chi connectivity index (χ1v) is 7.63. The second-order valence-corrected chi connectivity index (χ2v) is 6.12. The van der Waals surface area contributed by atoms with E-state index in [1.165, 1.54) is 4.88 Å². The van der Waals surface area contributed by atoms with Crippen molar-refractivity contribution in [3.05, 3.63) is 41.2 Å². The highest BCUT2D eigenvalue weighted by atomic mass is 32.1. The molecule has 3 rings (SSSR count). The summed E-state index contributed by atoms with van der Waals surface area (Å²) in [6.45, 7) is 0. The predicted octanol–water partition coefficient (Wildman–Crippen LogP) is 4.00. The van der Waals surface area contributed by atoms with Gasteiger partial charge in [-0.15, -0.1) is 22.7 Å². The monoisotopic (exact) mass is 287 g/mol. The minimum atomic E-state index is 0.957. The zero-order valence-electron chi connectivity index (χ0n) is 10.7. The van der Waals surface area contributed by atoms with E-state index in [1.807, 2.05) is 37.3 Å². The molecule has 3 aromatic rings. The summed E-state index contributed by atoms with van der Waals surface area (Å²) in [5.74, 6) is 0.957. The summed E-state index contributed by atoms with van der Waals surface area (Å²) in [7, 11) is 3.97. The normalized spacial score (nSPS) is 10.6. The summed E-state index contributed by atoms with van der Waals surface area (Å²) >= 11 is 3.37. The summed E-state index contributed by atoms with van der Waals surface area (Å²) in [6, 6.07) is 8.23. The Bertz CT molecular complexity index is 654. The number of hydrogen-bond donors (Lipinski definition) is 0. The number of pyridine rings is 1. The number of thiophene rings is 1. The van der Waals surface area contributed by atoms with E-state index in [0.717, 1.165) is 22.1 Å². The van der Waals surface area contributed by atoms with Crippen LogP contribution in [0.1, 0.15) is 0 Å². The van der Waals surface area contributed by atoms with E-state index in [4.69, 9.17) is 0 Å².